The Bertz CT molecular complexity index is 477. The van der Waals surface area contributed by atoms with Crippen molar-refractivity contribution in [3.63, 3.8) is 0 Å². The van der Waals surface area contributed by atoms with Crippen molar-refractivity contribution in [3.05, 3.63) is 41.5 Å². The molecule has 1 aromatic carbocycles. The minimum absolute atomic E-state index is 0.0512. The Morgan fingerprint density at radius 1 is 1.53 bits per heavy atom. The molecule has 1 aliphatic rings. The number of hydrogen-bond donors (Lipinski definition) is 1. The van der Waals surface area contributed by atoms with Gasteiger partial charge in [0, 0.05) is 5.92 Å². The number of aromatic hydroxyl groups is 1. The molecular formula is C14H16O3. The van der Waals surface area contributed by atoms with Gasteiger partial charge in [0.15, 0.2) is 0 Å². The molecule has 2 atom stereocenters. The molecule has 0 amide bonds. The highest BCUT2D eigenvalue weighted by Gasteiger charge is 2.33. The van der Waals surface area contributed by atoms with Crippen LogP contribution in [0.25, 0.3) is 0 Å². The second kappa shape index (κ2) is 4.24. The molecular weight excluding hydrogens is 216 g/mol. The van der Waals surface area contributed by atoms with Gasteiger partial charge in [-0.2, -0.15) is 0 Å². The molecule has 0 saturated carbocycles. The van der Waals surface area contributed by atoms with E-state index in [1.54, 1.807) is 18.2 Å². The van der Waals surface area contributed by atoms with Crippen molar-refractivity contribution in [2.45, 2.75) is 32.3 Å². The molecule has 3 heteroatoms. The van der Waals surface area contributed by atoms with Crippen LogP contribution in [0.5, 0.6) is 5.75 Å². The number of phenols is 1. The lowest BCUT2D eigenvalue weighted by Gasteiger charge is -2.30. The highest BCUT2D eigenvalue weighted by Crippen LogP contribution is 2.38. The van der Waals surface area contributed by atoms with Gasteiger partial charge >= 0.3 is 5.97 Å². The Morgan fingerprint density at radius 3 is 2.82 bits per heavy atom. The number of benzene rings is 1. The first-order chi connectivity index (χ1) is 8.10. The number of fused-ring (bicyclic) bond motifs is 1. The van der Waals surface area contributed by atoms with Gasteiger partial charge in [-0.05, 0) is 36.6 Å². The molecule has 1 aliphatic heterocycles. The molecule has 90 valence electrons. The summed E-state index contributed by atoms with van der Waals surface area (Å²) in [6, 6.07) is 3.17. The van der Waals surface area contributed by atoms with Crippen molar-refractivity contribution in [3.8, 4) is 5.75 Å². The topological polar surface area (TPSA) is 46.5 Å². The van der Waals surface area contributed by atoms with E-state index < -0.39 is 0 Å². The van der Waals surface area contributed by atoms with Gasteiger partial charge in [-0.1, -0.05) is 13.0 Å². The summed E-state index contributed by atoms with van der Waals surface area (Å²) in [6.07, 6.45) is 2.22. The van der Waals surface area contributed by atoms with Crippen molar-refractivity contribution < 1.29 is 14.6 Å². The van der Waals surface area contributed by atoms with Crippen molar-refractivity contribution in [1.29, 1.82) is 0 Å². The number of esters is 1. The molecule has 1 heterocycles. The van der Waals surface area contributed by atoms with E-state index in [2.05, 4.69) is 6.58 Å². The smallest absolute Gasteiger partial charge is 0.338 e. The molecule has 0 fully saturated rings. The van der Waals surface area contributed by atoms with E-state index in [1.165, 1.54) is 0 Å². The Balaban J connectivity index is 2.71. The van der Waals surface area contributed by atoms with Crippen molar-refractivity contribution in [2.75, 3.05) is 0 Å². The lowest BCUT2D eigenvalue weighted by molar-refractivity contribution is 0.0263. The molecule has 0 bridgehead atoms. The highest BCUT2D eigenvalue weighted by atomic mass is 16.5. The fourth-order valence-corrected chi connectivity index (χ4v) is 2.43. The zero-order valence-corrected chi connectivity index (χ0v) is 10.1. The maximum absolute atomic E-state index is 11.8. The van der Waals surface area contributed by atoms with Crippen LogP contribution >= 0.6 is 0 Å². The molecule has 3 nitrogen and oxygen atoms in total. The summed E-state index contributed by atoms with van der Waals surface area (Å²) in [5.41, 5.74) is 2.23. The van der Waals surface area contributed by atoms with Gasteiger partial charge in [-0.25, -0.2) is 4.79 Å². The molecule has 1 aromatic rings. The molecule has 0 aliphatic carbocycles. The Labute approximate surface area is 101 Å². The van der Waals surface area contributed by atoms with Crippen molar-refractivity contribution in [1.82, 2.24) is 0 Å². The maximum Gasteiger partial charge on any atom is 0.338 e. The van der Waals surface area contributed by atoms with Gasteiger partial charge in [0.1, 0.15) is 11.9 Å². The van der Waals surface area contributed by atoms with Gasteiger partial charge in [0.25, 0.3) is 0 Å². The summed E-state index contributed by atoms with van der Waals surface area (Å²) in [5.74, 6) is -0.134. The van der Waals surface area contributed by atoms with E-state index in [0.29, 0.717) is 12.0 Å². The number of rotatable bonds is 2. The standard InChI is InChI=1S/C14H16O3/c1-4-9-8(3)17-14(16)11-6-7-12(15)10(5-2)13(9)11/h4,6-9,15H,1,5H2,2-3H3/t8-,9-/m0/s1. The number of carbonyl (C=O) groups is 1. The van der Waals surface area contributed by atoms with Crippen LogP contribution < -0.4 is 0 Å². The van der Waals surface area contributed by atoms with Gasteiger partial charge in [0.2, 0.25) is 0 Å². The highest BCUT2D eigenvalue weighted by molar-refractivity contribution is 5.93. The largest absolute Gasteiger partial charge is 0.508 e. The lowest BCUT2D eigenvalue weighted by Crippen LogP contribution is -2.30. The number of cyclic esters (lactones) is 1. The van der Waals surface area contributed by atoms with Crippen LogP contribution in [0.3, 0.4) is 0 Å². The molecule has 0 unspecified atom stereocenters. The molecule has 0 radical (unpaired) electrons. The fourth-order valence-electron chi connectivity index (χ4n) is 2.43. The summed E-state index contributed by atoms with van der Waals surface area (Å²) < 4.78 is 5.26. The van der Waals surface area contributed by atoms with Gasteiger partial charge in [0.05, 0.1) is 5.56 Å². The summed E-state index contributed by atoms with van der Waals surface area (Å²) in [4.78, 5) is 11.8. The first-order valence-corrected chi connectivity index (χ1v) is 5.78. The summed E-state index contributed by atoms with van der Waals surface area (Å²) >= 11 is 0. The molecule has 0 aromatic heterocycles. The maximum atomic E-state index is 11.8. The van der Waals surface area contributed by atoms with E-state index in [1.807, 2.05) is 13.8 Å². The second-order valence-electron chi connectivity index (χ2n) is 4.25. The van der Waals surface area contributed by atoms with Crippen LogP contribution in [0.1, 0.15) is 41.3 Å². The fraction of sp³-hybridized carbons (Fsp3) is 0.357. The molecule has 17 heavy (non-hydrogen) atoms. The van der Waals surface area contributed by atoms with E-state index in [4.69, 9.17) is 4.74 Å². The van der Waals surface area contributed by atoms with Gasteiger partial charge in [-0.15, -0.1) is 6.58 Å². The van der Waals surface area contributed by atoms with E-state index in [-0.39, 0.29) is 23.7 Å². The van der Waals surface area contributed by atoms with Crippen molar-refractivity contribution >= 4 is 5.97 Å². The Hall–Kier alpha value is -1.77. The summed E-state index contributed by atoms with van der Waals surface area (Å²) in [7, 11) is 0. The SMILES string of the molecule is C=C[C@@H]1c2c(ccc(O)c2CC)C(=O)O[C@H]1C. The van der Waals surface area contributed by atoms with Crippen LogP contribution in [0.15, 0.2) is 24.8 Å². The molecule has 0 saturated heterocycles. The normalized spacial score (nSPS) is 22.8. The third-order valence-electron chi connectivity index (χ3n) is 3.29. The monoisotopic (exact) mass is 232 g/mol. The first-order valence-electron chi connectivity index (χ1n) is 5.78. The van der Waals surface area contributed by atoms with Crippen LogP contribution in [0.2, 0.25) is 0 Å². The Morgan fingerprint density at radius 2 is 2.24 bits per heavy atom. The predicted molar refractivity (Wildman–Crippen MR) is 65.3 cm³/mol. The third-order valence-corrected chi connectivity index (χ3v) is 3.29. The Kier molecular flexibility index (Phi) is 2.92. The second-order valence-corrected chi connectivity index (χ2v) is 4.25. The summed E-state index contributed by atoms with van der Waals surface area (Å²) in [6.45, 7) is 7.59. The molecule has 1 N–H and O–H groups in total. The van der Waals surface area contributed by atoms with Gasteiger partial charge in [-0.3, -0.25) is 0 Å². The number of ether oxygens (including phenoxy) is 1. The summed E-state index contributed by atoms with van der Waals surface area (Å²) in [5, 5.41) is 9.87. The average molecular weight is 232 g/mol. The average Bonchev–Trinajstić information content (AvgIpc) is 2.29. The minimum atomic E-state index is -0.319. The van der Waals surface area contributed by atoms with Crippen LogP contribution in [0, 0.1) is 0 Å². The first kappa shape index (κ1) is 11.7. The zero-order chi connectivity index (χ0) is 12.6. The number of hydrogen-bond acceptors (Lipinski definition) is 3. The van der Waals surface area contributed by atoms with Crippen LogP contribution in [-0.2, 0) is 11.2 Å². The quantitative estimate of drug-likeness (QED) is 0.630. The van der Waals surface area contributed by atoms with Gasteiger partial charge < -0.3 is 9.84 Å². The lowest BCUT2D eigenvalue weighted by atomic mass is 9.83. The van der Waals surface area contributed by atoms with E-state index >= 15 is 0 Å². The third kappa shape index (κ3) is 1.71. The number of carbonyl (C=O) groups excluding carboxylic acids is 1. The number of phenolic OH excluding ortho intramolecular Hbond substituents is 1. The predicted octanol–water partition coefficient (Wildman–Crippen LogP) is 2.78. The molecule has 0 spiro atoms. The van der Waals surface area contributed by atoms with Crippen molar-refractivity contribution in [2.24, 2.45) is 0 Å². The van der Waals surface area contributed by atoms with Crippen LogP contribution in [0.4, 0.5) is 0 Å². The van der Waals surface area contributed by atoms with E-state index in [0.717, 1.165) is 11.1 Å². The minimum Gasteiger partial charge on any atom is -0.508 e. The molecule has 2 rings (SSSR count). The van der Waals surface area contributed by atoms with Crippen LogP contribution in [-0.4, -0.2) is 17.2 Å². The van der Waals surface area contributed by atoms with E-state index in [9.17, 15) is 9.90 Å². The zero-order valence-electron chi connectivity index (χ0n) is 10.1.